The Labute approximate surface area is 145 Å². The zero-order valence-corrected chi connectivity index (χ0v) is 17.2. The van der Waals surface area contributed by atoms with Crippen molar-refractivity contribution >= 4 is 6.09 Å². The number of aliphatic hydroxyl groups excluding tert-OH is 1. The van der Waals surface area contributed by atoms with Crippen molar-refractivity contribution in [2.45, 2.75) is 58.2 Å². The van der Waals surface area contributed by atoms with E-state index in [-0.39, 0.29) is 42.7 Å². The minimum absolute atomic E-state index is 0. The van der Waals surface area contributed by atoms with Gasteiger partial charge in [-0.05, 0) is 33.6 Å². The average Bonchev–Trinajstić information content (AvgIpc) is 2.78. The van der Waals surface area contributed by atoms with Crippen molar-refractivity contribution in [2.24, 2.45) is 0 Å². The third-order valence-electron chi connectivity index (χ3n) is 2.43. The van der Waals surface area contributed by atoms with Crippen molar-refractivity contribution in [2.75, 3.05) is 20.3 Å². The van der Waals surface area contributed by atoms with Crippen LogP contribution in [0, 0.1) is 31.1 Å². The third kappa shape index (κ3) is 14.6. The van der Waals surface area contributed by atoms with Crippen LogP contribution in [0.5, 0.6) is 0 Å². The van der Waals surface area contributed by atoms with Crippen LogP contribution in [-0.2, 0) is 9.47 Å². The van der Waals surface area contributed by atoms with Gasteiger partial charge in [-0.25, -0.2) is 4.79 Å². The fraction of sp³-hybridized carbons (Fsp3) is 0.923. The van der Waals surface area contributed by atoms with E-state index in [2.05, 4.69) is 5.32 Å². The van der Waals surface area contributed by atoms with Gasteiger partial charge >= 0.3 is 6.09 Å². The predicted octanol–water partition coefficient (Wildman–Crippen LogP) is 1.25. The van der Waals surface area contributed by atoms with Gasteiger partial charge in [0.05, 0.1) is 12.7 Å². The molecule has 0 aromatic heterocycles. The van der Waals surface area contributed by atoms with Crippen molar-refractivity contribution in [3.8, 4) is 0 Å². The molecule has 4 N–H and O–H groups in total. The zero-order valence-electron chi connectivity index (χ0n) is 13.0. The second-order valence-electron chi connectivity index (χ2n) is 5.21. The van der Waals surface area contributed by atoms with E-state index >= 15 is 0 Å². The van der Waals surface area contributed by atoms with Gasteiger partial charge in [0.25, 0.3) is 0 Å². The molecular weight excluding hydrogens is 488 g/mol. The summed E-state index contributed by atoms with van der Waals surface area (Å²) in [5.41, 5.74) is -0.434. The van der Waals surface area contributed by atoms with Crippen LogP contribution in [0.4, 0.5) is 4.79 Å². The van der Waals surface area contributed by atoms with Crippen LogP contribution in [0.25, 0.3) is 0 Å². The van der Waals surface area contributed by atoms with Gasteiger partial charge in [-0.1, -0.05) is 12.8 Å². The van der Waals surface area contributed by atoms with E-state index in [9.17, 15) is 4.79 Å². The molecule has 1 aliphatic rings. The molecule has 1 amide bonds. The molecule has 0 unspecified atom stereocenters. The first-order chi connectivity index (χ1) is 8.47. The van der Waals surface area contributed by atoms with Gasteiger partial charge in [0.2, 0.25) is 0 Å². The Kier molecular flexibility index (Phi) is 17.8. The molecule has 0 aromatic rings. The molecule has 0 spiro atoms. The number of carbonyl (C=O) groups is 1. The van der Waals surface area contributed by atoms with Crippen LogP contribution in [-0.4, -0.2) is 48.6 Å². The van der Waals surface area contributed by atoms with E-state index in [1.54, 1.807) is 0 Å². The number of rotatable bonds is 4. The second-order valence-corrected chi connectivity index (χ2v) is 5.21. The summed E-state index contributed by atoms with van der Waals surface area (Å²) in [4.78, 5) is 11.3. The van der Waals surface area contributed by atoms with Gasteiger partial charge in [0, 0.05) is 44.8 Å². The minimum atomic E-state index is -0.434. The van der Waals surface area contributed by atoms with Crippen LogP contribution < -0.4 is 5.32 Å². The maximum atomic E-state index is 11.3. The number of ether oxygens (including phenoxy) is 2. The molecule has 20 heavy (non-hydrogen) atoms. The molecule has 120 valence electrons. The number of nitrogens with one attached hydrogen (secondary N) is 1. The molecule has 6 nitrogen and oxygen atoms in total. The first-order valence-electron chi connectivity index (χ1n) is 6.50. The van der Waals surface area contributed by atoms with E-state index in [1.165, 1.54) is 12.8 Å². The van der Waals surface area contributed by atoms with E-state index in [0.717, 1.165) is 20.0 Å². The molecule has 1 fully saturated rings. The Balaban J connectivity index is -0.000000689. The number of carbonyl (C=O) groups excluding carboxylic acids is 1. The normalized spacial score (nSPS) is 14.2. The Bertz CT molecular complexity index is 227. The molecule has 1 aliphatic carbocycles. The Morgan fingerprint density at radius 1 is 1.25 bits per heavy atom. The molecule has 0 saturated heterocycles. The van der Waals surface area contributed by atoms with E-state index < -0.39 is 5.60 Å². The maximum absolute atomic E-state index is 11.3. The Morgan fingerprint density at radius 2 is 1.75 bits per heavy atom. The molecule has 1 saturated carbocycles. The molecule has 7 heteroatoms. The van der Waals surface area contributed by atoms with Crippen molar-refractivity contribution in [1.82, 2.24) is 5.32 Å². The summed E-state index contributed by atoms with van der Waals surface area (Å²) in [7, 11) is 1.00. The van der Waals surface area contributed by atoms with Crippen LogP contribution >= 0.6 is 0 Å². The SMILES string of the molecule is CC(C)(C)OC(=O)NCCOC1CCCC1.CO.O.[U]. The topological polar surface area (TPSA) is 99.3 Å². The average molecular weight is 517 g/mol. The van der Waals surface area contributed by atoms with Crippen molar-refractivity contribution < 1.29 is 56.0 Å². The number of alkyl carbamates (subject to hydrolysis) is 1. The summed E-state index contributed by atoms with van der Waals surface area (Å²) in [6.45, 7) is 6.64. The molecule has 1 rings (SSSR count). The van der Waals surface area contributed by atoms with E-state index in [1.807, 2.05) is 20.8 Å². The van der Waals surface area contributed by atoms with Crippen LogP contribution in [0.3, 0.4) is 0 Å². The monoisotopic (exact) mass is 517 g/mol. The van der Waals surface area contributed by atoms with E-state index in [0.29, 0.717) is 19.3 Å². The van der Waals surface area contributed by atoms with Gasteiger partial charge in [-0.15, -0.1) is 0 Å². The molecule has 0 radical (unpaired) electrons. The van der Waals surface area contributed by atoms with Crippen molar-refractivity contribution in [1.29, 1.82) is 0 Å². The van der Waals surface area contributed by atoms with Gasteiger partial charge in [0.15, 0.2) is 0 Å². The van der Waals surface area contributed by atoms with E-state index in [4.69, 9.17) is 14.6 Å². The fourth-order valence-electron chi connectivity index (χ4n) is 1.75. The smallest absolute Gasteiger partial charge is 0.407 e. The minimum Gasteiger partial charge on any atom is -0.444 e. The fourth-order valence-corrected chi connectivity index (χ4v) is 1.75. The summed E-state index contributed by atoms with van der Waals surface area (Å²) in [6.07, 6.45) is 4.88. The maximum Gasteiger partial charge on any atom is 0.407 e. The number of amides is 1. The summed E-state index contributed by atoms with van der Waals surface area (Å²) >= 11 is 0. The van der Waals surface area contributed by atoms with Gasteiger partial charge in [-0.3, -0.25) is 0 Å². The van der Waals surface area contributed by atoms with Crippen LogP contribution in [0.2, 0.25) is 0 Å². The second kappa shape index (κ2) is 14.2. The molecule has 0 aromatic carbocycles. The molecular formula is C13H29NO5U. The summed E-state index contributed by atoms with van der Waals surface area (Å²) in [5, 5.41) is 9.68. The largest absolute Gasteiger partial charge is 0.444 e. The quantitative estimate of drug-likeness (QED) is 0.549. The van der Waals surface area contributed by atoms with Crippen LogP contribution in [0.15, 0.2) is 0 Å². The Hall–Kier alpha value is 0.202. The number of hydrogen-bond acceptors (Lipinski definition) is 4. The summed E-state index contributed by atoms with van der Waals surface area (Å²) < 4.78 is 10.7. The summed E-state index contributed by atoms with van der Waals surface area (Å²) in [5.74, 6) is 0. The third-order valence-corrected chi connectivity index (χ3v) is 2.43. The number of hydrogen-bond donors (Lipinski definition) is 2. The predicted molar refractivity (Wildman–Crippen MR) is 74.2 cm³/mol. The molecule has 0 bridgehead atoms. The standard InChI is InChI=1S/C12H23NO3.CH4O.H2O.U/c1-12(2,3)16-11(14)13-8-9-15-10-6-4-5-7-10;1-2;;/h10H,4-9H2,1-3H3,(H,13,14);2H,1H3;1H2;. The van der Waals surface area contributed by atoms with Gasteiger partial charge in [-0.2, -0.15) is 0 Å². The first kappa shape index (κ1) is 25.2. The molecule has 0 heterocycles. The molecule has 0 atom stereocenters. The van der Waals surface area contributed by atoms with Gasteiger partial charge < -0.3 is 25.4 Å². The Morgan fingerprint density at radius 3 is 2.20 bits per heavy atom. The first-order valence-corrected chi connectivity index (χ1v) is 6.50. The zero-order chi connectivity index (χ0) is 14.0. The number of aliphatic hydroxyl groups is 1. The summed E-state index contributed by atoms with van der Waals surface area (Å²) in [6, 6.07) is 0. The van der Waals surface area contributed by atoms with Gasteiger partial charge in [0.1, 0.15) is 5.60 Å². The van der Waals surface area contributed by atoms with Crippen molar-refractivity contribution in [3.05, 3.63) is 0 Å². The van der Waals surface area contributed by atoms with Crippen molar-refractivity contribution in [3.63, 3.8) is 0 Å². The molecule has 0 aliphatic heterocycles. The van der Waals surface area contributed by atoms with Crippen LogP contribution in [0.1, 0.15) is 46.5 Å².